The monoisotopic (exact) mass is 333 g/mol. The van der Waals surface area contributed by atoms with E-state index in [2.05, 4.69) is 31.4 Å². The summed E-state index contributed by atoms with van der Waals surface area (Å²) in [6, 6.07) is 10.5. The molecule has 0 fully saturated rings. The summed E-state index contributed by atoms with van der Waals surface area (Å²) in [6.45, 7) is 1.66. The molecule has 2 rings (SSSR count). The van der Waals surface area contributed by atoms with Crippen LogP contribution in [0.2, 0.25) is 0 Å². The van der Waals surface area contributed by atoms with Crippen LogP contribution in [0.15, 0.2) is 52.2 Å². The van der Waals surface area contributed by atoms with Gasteiger partial charge in [0.05, 0.1) is 11.4 Å². The molecule has 1 amide bonds. The van der Waals surface area contributed by atoms with Gasteiger partial charge >= 0.3 is 0 Å². The largest absolute Gasteiger partial charge is 0.411 e. The van der Waals surface area contributed by atoms with Crippen LogP contribution in [-0.4, -0.2) is 21.8 Å². The SMILES string of the molecule is CC(=NO)c1ccccc1NC(=O)c1ccc(Br)cn1. The third kappa shape index (κ3) is 3.21. The van der Waals surface area contributed by atoms with Gasteiger partial charge in [-0.1, -0.05) is 23.4 Å². The molecule has 0 spiro atoms. The highest BCUT2D eigenvalue weighted by atomic mass is 79.9. The first-order valence-electron chi connectivity index (χ1n) is 5.83. The molecule has 0 unspecified atom stereocenters. The van der Waals surface area contributed by atoms with Crippen molar-refractivity contribution in [3.63, 3.8) is 0 Å². The molecule has 20 heavy (non-hydrogen) atoms. The highest BCUT2D eigenvalue weighted by molar-refractivity contribution is 9.10. The quantitative estimate of drug-likeness (QED) is 0.514. The number of amides is 1. The van der Waals surface area contributed by atoms with Gasteiger partial charge < -0.3 is 10.5 Å². The lowest BCUT2D eigenvalue weighted by atomic mass is 10.1. The molecule has 0 radical (unpaired) electrons. The molecular formula is C14H12BrN3O2. The lowest BCUT2D eigenvalue weighted by Gasteiger charge is -2.09. The molecule has 2 aromatic rings. The van der Waals surface area contributed by atoms with Crippen molar-refractivity contribution in [2.45, 2.75) is 6.92 Å². The van der Waals surface area contributed by atoms with E-state index in [1.807, 2.05) is 0 Å². The number of nitrogens with zero attached hydrogens (tertiary/aromatic N) is 2. The van der Waals surface area contributed by atoms with Gasteiger partial charge in [0.2, 0.25) is 0 Å². The lowest BCUT2D eigenvalue weighted by Crippen LogP contribution is -2.15. The van der Waals surface area contributed by atoms with Crippen molar-refractivity contribution in [1.29, 1.82) is 0 Å². The molecule has 102 valence electrons. The van der Waals surface area contributed by atoms with E-state index in [1.54, 1.807) is 49.5 Å². The maximum atomic E-state index is 12.1. The highest BCUT2D eigenvalue weighted by Gasteiger charge is 2.11. The van der Waals surface area contributed by atoms with Crippen molar-refractivity contribution in [2.75, 3.05) is 5.32 Å². The first-order valence-corrected chi connectivity index (χ1v) is 6.62. The number of hydrogen-bond donors (Lipinski definition) is 2. The maximum absolute atomic E-state index is 12.1. The molecule has 0 saturated heterocycles. The predicted molar refractivity (Wildman–Crippen MR) is 80.3 cm³/mol. The lowest BCUT2D eigenvalue weighted by molar-refractivity contribution is 0.102. The number of pyridine rings is 1. The smallest absolute Gasteiger partial charge is 0.274 e. The summed E-state index contributed by atoms with van der Waals surface area (Å²) in [5.41, 5.74) is 1.95. The van der Waals surface area contributed by atoms with Gasteiger partial charge in [-0.3, -0.25) is 4.79 Å². The highest BCUT2D eigenvalue weighted by Crippen LogP contribution is 2.17. The van der Waals surface area contributed by atoms with Crippen LogP contribution in [0.25, 0.3) is 0 Å². The van der Waals surface area contributed by atoms with E-state index in [0.29, 0.717) is 22.7 Å². The zero-order valence-corrected chi connectivity index (χ0v) is 12.3. The van der Waals surface area contributed by atoms with Gasteiger partial charge in [-0.2, -0.15) is 0 Å². The van der Waals surface area contributed by atoms with E-state index in [-0.39, 0.29) is 5.91 Å². The number of hydrogen-bond acceptors (Lipinski definition) is 4. The number of oxime groups is 1. The number of halogens is 1. The summed E-state index contributed by atoms with van der Waals surface area (Å²) >= 11 is 3.26. The second-order valence-corrected chi connectivity index (χ2v) is 4.96. The first kappa shape index (κ1) is 14.2. The maximum Gasteiger partial charge on any atom is 0.274 e. The minimum absolute atomic E-state index is 0.307. The third-order valence-corrected chi connectivity index (χ3v) is 3.14. The van der Waals surface area contributed by atoms with Gasteiger partial charge in [0.15, 0.2) is 0 Å². The summed E-state index contributed by atoms with van der Waals surface area (Å²) in [5.74, 6) is -0.323. The van der Waals surface area contributed by atoms with Crippen molar-refractivity contribution in [3.8, 4) is 0 Å². The molecule has 0 aliphatic heterocycles. The van der Waals surface area contributed by atoms with Crippen molar-refractivity contribution >= 4 is 33.2 Å². The van der Waals surface area contributed by atoms with Gasteiger partial charge in [0.1, 0.15) is 5.69 Å². The average molecular weight is 334 g/mol. The molecule has 0 bridgehead atoms. The fraction of sp³-hybridized carbons (Fsp3) is 0.0714. The van der Waals surface area contributed by atoms with Crippen LogP contribution in [0, 0.1) is 0 Å². The number of aromatic nitrogens is 1. The van der Waals surface area contributed by atoms with Crippen molar-refractivity contribution in [3.05, 3.63) is 58.3 Å². The Bertz CT molecular complexity index is 654. The van der Waals surface area contributed by atoms with E-state index in [0.717, 1.165) is 4.47 Å². The van der Waals surface area contributed by atoms with Crippen LogP contribution >= 0.6 is 15.9 Å². The third-order valence-electron chi connectivity index (χ3n) is 2.68. The minimum atomic E-state index is -0.323. The Hall–Kier alpha value is -2.21. The summed E-state index contributed by atoms with van der Waals surface area (Å²) in [4.78, 5) is 16.1. The second-order valence-electron chi connectivity index (χ2n) is 4.05. The Morgan fingerprint density at radius 1 is 1.30 bits per heavy atom. The fourth-order valence-electron chi connectivity index (χ4n) is 1.66. The van der Waals surface area contributed by atoms with Gasteiger partial charge in [-0.25, -0.2) is 4.98 Å². The van der Waals surface area contributed by atoms with E-state index in [4.69, 9.17) is 5.21 Å². The fourth-order valence-corrected chi connectivity index (χ4v) is 1.89. The molecule has 0 aliphatic rings. The van der Waals surface area contributed by atoms with E-state index >= 15 is 0 Å². The molecule has 0 atom stereocenters. The van der Waals surface area contributed by atoms with Gasteiger partial charge in [0.25, 0.3) is 5.91 Å². The van der Waals surface area contributed by atoms with Crippen molar-refractivity contribution in [1.82, 2.24) is 4.98 Å². The van der Waals surface area contributed by atoms with Crippen LogP contribution in [0.1, 0.15) is 23.0 Å². The number of carbonyl (C=O) groups is 1. The molecule has 0 aliphatic carbocycles. The Labute approximate surface area is 124 Å². The molecule has 5 nitrogen and oxygen atoms in total. The van der Waals surface area contributed by atoms with E-state index in [9.17, 15) is 4.79 Å². The zero-order chi connectivity index (χ0) is 14.5. The normalized spacial score (nSPS) is 11.2. The van der Waals surface area contributed by atoms with Crippen LogP contribution in [0.3, 0.4) is 0 Å². The summed E-state index contributed by atoms with van der Waals surface area (Å²) < 4.78 is 0.803. The molecular weight excluding hydrogens is 322 g/mol. The first-order chi connectivity index (χ1) is 9.61. The Morgan fingerprint density at radius 3 is 2.70 bits per heavy atom. The number of carbonyl (C=O) groups excluding carboxylic acids is 1. The number of nitrogens with one attached hydrogen (secondary N) is 1. The Kier molecular flexibility index (Phi) is 4.47. The summed E-state index contributed by atoms with van der Waals surface area (Å²) in [5, 5.41) is 14.8. The van der Waals surface area contributed by atoms with Gasteiger partial charge in [0, 0.05) is 16.2 Å². The number of benzene rings is 1. The molecule has 1 aromatic heterocycles. The van der Waals surface area contributed by atoms with Gasteiger partial charge in [-0.15, -0.1) is 0 Å². The molecule has 2 N–H and O–H groups in total. The average Bonchev–Trinajstić information content (AvgIpc) is 2.47. The second kappa shape index (κ2) is 6.29. The number of para-hydroxylation sites is 1. The number of rotatable bonds is 3. The number of anilines is 1. The van der Waals surface area contributed by atoms with Crippen LogP contribution in [0.5, 0.6) is 0 Å². The summed E-state index contributed by atoms with van der Waals surface area (Å²) in [6.07, 6.45) is 1.56. The van der Waals surface area contributed by atoms with Crippen LogP contribution in [0.4, 0.5) is 5.69 Å². The standard InChI is InChI=1S/C14H12BrN3O2/c1-9(18-20)11-4-2-3-5-12(11)17-14(19)13-7-6-10(15)8-16-13/h2-8,20H,1H3,(H,17,19). The van der Waals surface area contributed by atoms with Gasteiger partial charge in [-0.05, 0) is 41.1 Å². The van der Waals surface area contributed by atoms with E-state index < -0.39 is 0 Å². The molecule has 1 aromatic carbocycles. The molecule has 0 saturated carbocycles. The molecule has 6 heteroatoms. The predicted octanol–water partition coefficient (Wildman–Crippen LogP) is 3.29. The Morgan fingerprint density at radius 2 is 2.05 bits per heavy atom. The van der Waals surface area contributed by atoms with Crippen molar-refractivity contribution in [2.24, 2.45) is 5.16 Å². The van der Waals surface area contributed by atoms with E-state index in [1.165, 1.54) is 0 Å². The van der Waals surface area contributed by atoms with Crippen LogP contribution < -0.4 is 5.32 Å². The zero-order valence-electron chi connectivity index (χ0n) is 10.7. The molecule has 1 heterocycles. The van der Waals surface area contributed by atoms with Crippen molar-refractivity contribution < 1.29 is 10.0 Å². The Balaban J connectivity index is 2.26. The van der Waals surface area contributed by atoms with Crippen LogP contribution in [-0.2, 0) is 0 Å². The minimum Gasteiger partial charge on any atom is -0.411 e. The summed E-state index contributed by atoms with van der Waals surface area (Å²) in [7, 11) is 0. The topological polar surface area (TPSA) is 74.6 Å².